The van der Waals surface area contributed by atoms with Crippen LogP contribution in [0.3, 0.4) is 0 Å². The highest BCUT2D eigenvalue weighted by molar-refractivity contribution is 7.91. The largest absolute Gasteiger partial charge is 0.497 e. The molecule has 1 aliphatic heterocycles. The summed E-state index contributed by atoms with van der Waals surface area (Å²) in [7, 11) is -2.39. The Bertz CT molecular complexity index is 2020. The molecule has 13 heteroatoms. The van der Waals surface area contributed by atoms with Crippen molar-refractivity contribution in [3.8, 4) is 22.8 Å². The Morgan fingerprint density at radius 1 is 1.08 bits per heavy atom. The van der Waals surface area contributed by atoms with Crippen molar-refractivity contribution in [2.75, 3.05) is 13.7 Å². The van der Waals surface area contributed by atoms with Crippen molar-refractivity contribution < 1.29 is 37.0 Å². The molecule has 3 aliphatic carbocycles. The lowest BCUT2D eigenvalue weighted by Crippen LogP contribution is -2.57. The molecule has 12 nitrogen and oxygen atoms in total. The number of ether oxygens (including phenoxy) is 3. The fourth-order valence-corrected chi connectivity index (χ4v) is 8.96. The van der Waals surface area contributed by atoms with Crippen molar-refractivity contribution in [1.29, 1.82) is 0 Å². The van der Waals surface area contributed by atoms with E-state index in [1.165, 1.54) is 4.90 Å². The number of nitrogens with zero attached hydrogens (tertiary/aromatic N) is 2. The van der Waals surface area contributed by atoms with Gasteiger partial charge in [0.1, 0.15) is 34.8 Å². The van der Waals surface area contributed by atoms with Crippen LogP contribution in [0.2, 0.25) is 0 Å². The molecule has 4 unspecified atom stereocenters. The monoisotopic (exact) mass is 730 g/mol. The molecule has 0 spiro atoms. The number of carbonyl (C=O) groups excluding carboxylic acids is 3. The first-order valence-electron chi connectivity index (χ1n) is 17.9. The Kier molecular flexibility index (Phi) is 8.99. The molecule has 2 aromatic carbocycles. The van der Waals surface area contributed by atoms with Crippen LogP contribution in [0.25, 0.3) is 22.2 Å². The summed E-state index contributed by atoms with van der Waals surface area (Å²) in [6, 6.07) is 15.9. The van der Waals surface area contributed by atoms with Crippen LogP contribution in [0.4, 0.5) is 4.79 Å². The smallest absolute Gasteiger partial charge is 0.411 e. The molecule has 4 fully saturated rings. The number of rotatable bonds is 12. The van der Waals surface area contributed by atoms with E-state index in [0.717, 1.165) is 23.8 Å². The lowest BCUT2D eigenvalue weighted by atomic mass is 10.1. The molecule has 4 aliphatic rings. The van der Waals surface area contributed by atoms with E-state index in [1.54, 1.807) is 34.0 Å². The molecule has 2 heterocycles. The minimum atomic E-state index is -3.97. The summed E-state index contributed by atoms with van der Waals surface area (Å²) in [5, 5.41) is 3.57. The topological polar surface area (TPSA) is 153 Å². The van der Waals surface area contributed by atoms with E-state index in [1.807, 2.05) is 54.6 Å². The van der Waals surface area contributed by atoms with Gasteiger partial charge >= 0.3 is 6.09 Å². The number of amides is 3. The van der Waals surface area contributed by atoms with Gasteiger partial charge in [-0.2, -0.15) is 0 Å². The summed E-state index contributed by atoms with van der Waals surface area (Å²) in [5.74, 6) is -0.360. The van der Waals surface area contributed by atoms with Crippen LogP contribution in [-0.2, 0) is 24.3 Å². The van der Waals surface area contributed by atoms with Crippen molar-refractivity contribution in [2.24, 2.45) is 11.8 Å². The lowest BCUT2D eigenvalue weighted by molar-refractivity contribution is -0.131. The van der Waals surface area contributed by atoms with Gasteiger partial charge in [-0.05, 0) is 64.5 Å². The third-order valence-corrected chi connectivity index (χ3v) is 12.7. The molecule has 3 saturated carbocycles. The fourth-order valence-electron chi connectivity index (χ4n) is 7.22. The summed E-state index contributed by atoms with van der Waals surface area (Å²) in [6.45, 7) is 9.05. The van der Waals surface area contributed by atoms with Gasteiger partial charge in [0.15, 0.2) is 0 Å². The maximum absolute atomic E-state index is 14.2. The Morgan fingerprint density at radius 2 is 1.81 bits per heavy atom. The van der Waals surface area contributed by atoms with Gasteiger partial charge in [-0.15, -0.1) is 6.58 Å². The SMILES string of the molecule is C=CC1CC1(NC(=O)C1CC(Oc2cc(-c3ccccc3)nc3cc(OC)ccc23)CN1C(=O)OC(C)(C)C)C(=O)NS(=O)(=O)C1(CC2CC2)CC1. The second kappa shape index (κ2) is 13.1. The third-order valence-electron chi connectivity index (χ3n) is 10.5. The first kappa shape index (κ1) is 35.7. The van der Waals surface area contributed by atoms with E-state index in [2.05, 4.69) is 16.6 Å². The molecule has 0 radical (unpaired) electrons. The number of fused-ring (bicyclic) bond motifs is 1. The van der Waals surface area contributed by atoms with Crippen molar-refractivity contribution in [3.05, 3.63) is 67.3 Å². The van der Waals surface area contributed by atoms with Gasteiger partial charge in [-0.25, -0.2) is 18.2 Å². The molecule has 7 rings (SSSR count). The number of nitrogens with one attached hydrogen (secondary N) is 2. The highest BCUT2D eigenvalue weighted by Gasteiger charge is 2.64. The number of benzene rings is 2. The fraction of sp³-hybridized carbons (Fsp3) is 0.487. The number of hydrogen-bond donors (Lipinski definition) is 2. The number of carbonyl (C=O) groups is 3. The van der Waals surface area contributed by atoms with Gasteiger partial charge < -0.3 is 19.5 Å². The van der Waals surface area contributed by atoms with E-state index in [4.69, 9.17) is 19.2 Å². The maximum atomic E-state index is 14.2. The number of sulfonamides is 1. The van der Waals surface area contributed by atoms with Crippen LogP contribution < -0.4 is 19.5 Å². The number of likely N-dealkylation sites (tertiary alicyclic amines) is 1. The zero-order valence-corrected chi connectivity index (χ0v) is 30.8. The van der Waals surface area contributed by atoms with Crippen molar-refractivity contribution in [2.45, 2.75) is 93.7 Å². The minimum Gasteiger partial charge on any atom is -0.497 e. The Hall–Kier alpha value is -4.65. The number of pyridine rings is 1. The molecule has 3 aromatic rings. The highest BCUT2D eigenvalue weighted by atomic mass is 32.2. The van der Waals surface area contributed by atoms with Crippen LogP contribution in [0.5, 0.6) is 11.5 Å². The van der Waals surface area contributed by atoms with E-state index >= 15 is 0 Å². The van der Waals surface area contributed by atoms with E-state index < -0.39 is 61.9 Å². The Labute approximate surface area is 304 Å². The molecular weight excluding hydrogens is 685 g/mol. The Balaban J connectivity index is 1.15. The second-order valence-corrected chi connectivity index (χ2v) is 17.7. The summed E-state index contributed by atoms with van der Waals surface area (Å²) < 4.78 is 46.1. The van der Waals surface area contributed by atoms with Gasteiger partial charge in [0.25, 0.3) is 5.91 Å². The number of aromatic nitrogens is 1. The second-order valence-electron chi connectivity index (χ2n) is 15.7. The summed E-state index contributed by atoms with van der Waals surface area (Å²) >= 11 is 0. The van der Waals surface area contributed by atoms with E-state index in [-0.39, 0.29) is 19.4 Å². The first-order valence-corrected chi connectivity index (χ1v) is 19.4. The van der Waals surface area contributed by atoms with Crippen LogP contribution >= 0.6 is 0 Å². The molecule has 3 amide bonds. The van der Waals surface area contributed by atoms with E-state index in [9.17, 15) is 22.8 Å². The molecule has 276 valence electrons. The van der Waals surface area contributed by atoms with Crippen molar-refractivity contribution in [1.82, 2.24) is 19.9 Å². The highest BCUT2D eigenvalue weighted by Crippen LogP contribution is 2.53. The van der Waals surface area contributed by atoms with Gasteiger partial charge in [0.2, 0.25) is 15.9 Å². The van der Waals surface area contributed by atoms with E-state index in [0.29, 0.717) is 47.9 Å². The maximum Gasteiger partial charge on any atom is 0.411 e. The third kappa shape index (κ3) is 7.07. The zero-order valence-electron chi connectivity index (χ0n) is 30.0. The zero-order chi connectivity index (χ0) is 37.1. The summed E-state index contributed by atoms with van der Waals surface area (Å²) in [5.41, 5.74) is -0.163. The van der Waals surface area contributed by atoms with Crippen molar-refractivity contribution in [3.63, 3.8) is 0 Å². The van der Waals surface area contributed by atoms with Crippen LogP contribution in [0.1, 0.15) is 65.7 Å². The molecule has 0 bridgehead atoms. The molecule has 2 N–H and O–H groups in total. The molecule has 1 saturated heterocycles. The molecule has 52 heavy (non-hydrogen) atoms. The predicted molar refractivity (Wildman–Crippen MR) is 195 cm³/mol. The predicted octanol–water partition coefficient (Wildman–Crippen LogP) is 5.51. The van der Waals surface area contributed by atoms with Crippen LogP contribution in [-0.4, -0.2) is 77.9 Å². The van der Waals surface area contributed by atoms with Crippen LogP contribution in [0, 0.1) is 11.8 Å². The number of hydrogen-bond acceptors (Lipinski definition) is 9. The number of methoxy groups -OCH3 is 1. The minimum absolute atomic E-state index is 0.0236. The Morgan fingerprint density at radius 3 is 2.42 bits per heavy atom. The molecular formula is C39H46N4O8S. The average Bonchev–Trinajstić information content (AvgIpc) is 4.05. The summed E-state index contributed by atoms with van der Waals surface area (Å²) in [6.07, 6.45) is 4.05. The standard InChI is InChI=1S/C39H46N4O8S/c1-6-26-22-39(26,35(45)42-52(47,48)38(16-17-38)21-24-12-13-24)41-34(44)32-19-28(23-43(32)36(46)51-37(2,3)4)50-33-20-30(25-10-8-7-9-11-25)40-31-18-27(49-5)14-15-29(31)33/h6-11,14-15,18,20,24,26,28,32H,1,12-13,16-17,19,21-23H2,2-5H3,(H,41,44)(H,42,45). The van der Waals surface area contributed by atoms with Gasteiger partial charge in [0.05, 0.1) is 29.6 Å². The first-order chi connectivity index (χ1) is 24.7. The normalized spacial score (nSPS) is 24.8. The van der Waals surface area contributed by atoms with Crippen LogP contribution in [0.15, 0.2) is 67.3 Å². The quantitative estimate of drug-likeness (QED) is 0.230. The van der Waals surface area contributed by atoms with Gasteiger partial charge in [0, 0.05) is 35.4 Å². The van der Waals surface area contributed by atoms with Gasteiger partial charge in [-0.1, -0.05) is 49.2 Å². The van der Waals surface area contributed by atoms with Crippen molar-refractivity contribution >= 4 is 38.8 Å². The summed E-state index contributed by atoms with van der Waals surface area (Å²) in [4.78, 5) is 47.7. The molecule has 4 atom stereocenters. The average molecular weight is 731 g/mol. The van der Waals surface area contributed by atoms with Gasteiger partial charge in [-0.3, -0.25) is 19.2 Å². The molecule has 1 aromatic heterocycles. The lowest BCUT2D eigenvalue weighted by Gasteiger charge is -2.29.